The van der Waals surface area contributed by atoms with E-state index < -0.39 is 0 Å². The maximum Gasteiger partial charge on any atom is 0.228 e. The number of amides is 1. The van der Waals surface area contributed by atoms with Crippen molar-refractivity contribution < 1.29 is 9.53 Å². The lowest BCUT2D eigenvalue weighted by atomic mass is 10.3. The lowest BCUT2D eigenvalue weighted by molar-refractivity contribution is -0.116. The molecule has 1 aromatic heterocycles. The third-order valence-electron chi connectivity index (χ3n) is 2.34. The summed E-state index contributed by atoms with van der Waals surface area (Å²) in [5, 5.41) is 2.70. The number of halogens is 1. The van der Waals surface area contributed by atoms with Crippen LogP contribution in [0.15, 0.2) is 53.1 Å². The van der Waals surface area contributed by atoms with Gasteiger partial charge in [-0.15, -0.1) is 0 Å². The van der Waals surface area contributed by atoms with E-state index in [9.17, 15) is 4.79 Å². The highest BCUT2D eigenvalue weighted by Crippen LogP contribution is 2.11. The minimum absolute atomic E-state index is 0.120. The Hall–Kier alpha value is -1.88. The van der Waals surface area contributed by atoms with Gasteiger partial charge >= 0.3 is 0 Å². The minimum atomic E-state index is -0.120. The summed E-state index contributed by atoms with van der Waals surface area (Å²) < 4.78 is 6.32. The van der Waals surface area contributed by atoms with Crippen LogP contribution in [0.2, 0.25) is 0 Å². The van der Waals surface area contributed by atoms with E-state index in [1.54, 1.807) is 12.3 Å². The Labute approximate surface area is 119 Å². The monoisotopic (exact) mass is 320 g/mol. The summed E-state index contributed by atoms with van der Waals surface area (Å²) in [5.74, 6) is 1.18. The zero-order valence-electron chi connectivity index (χ0n) is 10.2. The predicted octanol–water partition coefficient (Wildman–Crippen LogP) is 3.25. The van der Waals surface area contributed by atoms with E-state index in [1.807, 2.05) is 36.4 Å². The average molecular weight is 321 g/mol. The minimum Gasteiger partial charge on any atom is -0.493 e. The van der Waals surface area contributed by atoms with Gasteiger partial charge in [-0.05, 0) is 40.2 Å². The van der Waals surface area contributed by atoms with Crippen LogP contribution in [-0.4, -0.2) is 17.5 Å². The Morgan fingerprint density at radius 3 is 2.68 bits per heavy atom. The van der Waals surface area contributed by atoms with Crippen molar-refractivity contribution in [2.45, 2.75) is 6.42 Å². The SMILES string of the molecule is O=C(CCOc1ccccc1)Nc1ccc(Br)cn1. The van der Waals surface area contributed by atoms with E-state index in [-0.39, 0.29) is 12.3 Å². The molecule has 0 radical (unpaired) electrons. The summed E-state index contributed by atoms with van der Waals surface area (Å²) in [6, 6.07) is 13.0. The summed E-state index contributed by atoms with van der Waals surface area (Å²) in [7, 11) is 0. The number of aromatic nitrogens is 1. The number of hydrogen-bond donors (Lipinski definition) is 1. The number of carbonyl (C=O) groups excluding carboxylic acids is 1. The number of ether oxygens (including phenoxy) is 1. The zero-order valence-corrected chi connectivity index (χ0v) is 11.8. The number of nitrogens with one attached hydrogen (secondary N) is 1. The first kappa shape index (κ1) is 13.5. The third kappa shape index (κ3) is 4.71. The van der Waals surface area contributed by atoms with Crippen LogP contribution in [0.5, 0.6) is 5.75 Å². The Bertz CT molecular complexity index is 529. The molecule has 98 valence electrons. The van der Waals surface area contributed by atoms with Crippen molar-refractivity contribution in [1.82, 2.24) is 4.98 Å². The zero-order chi connectivity index (χ0) is 13.5. The van der Waals surface area contributed by atoms with Crippen LogP contribution < -0.4 is 10.1 Å². The first-order valence-electron chi connectivity index (χ1n) is 5.83. The Balaban J connectivity index is 1.74. The van der Waals surface area contributed by atoms with Crippen LogP contribution >= 0.6 is 15.9 Å². The predicted molar refractivity (Wildman–Crippen MR) is 77.1 cm³/mol. The summed E-state index contributed by atoms with van der Waals surface area (Å²) in [6.07, 6.45) is 1.92. The molecule has 0 fully saturated rings. The summed E-state index contributed by atoms with van der Waals surface area (Å²) in [5.41, 5.74) is 0. The van der Waals surface area contributed by atoms with Crippen molar-refractivity contribution in [3.8, 4) is 5.75 Å². The maximum absolute atomic E-state index is 11.6. The standard InChI is InChI=1S/C14H13BrN2O2/c15-11-6-7-13(16-10-11)17-14(18)8-9-19-12-4-2-1-3-5-12/h1-7,10H,8-9H2,(H,16,17,18). The van der Waals surface area contributed by atoms with Gasteiger partial charge in [-0.1, -0.05) is 18.2 Å². The van der Waals surface area contributed by atoms with E-state index in [0.717, 1.165) is 10.2 Å². The average Bonchev–Trinajstić information content (AvgIpc) is 2.43. The number of carbonyl (C=O) groups is 1. The number of nitrogens with zero attached hydrogens (tertiary/aromatic N) is 1. The molecule has 19 heavy (non-hydrogen) atoms. The summed E-state index contributed by atoms with van der Waals surface area (Å²) >= 11 is 3.28. The first-order chi connectivity index (χ1) is 9.24. The molecule has 0 aliphatic carbocycles. The molecule has 1 heterocycles. The van der Waals surface area contributed by atoms with E-state index >= 15 is 0 Å². The fourth-order valence-electron chi connectivity index (χ4n) is 1.43. The first-order valence-corrected chi connectivity index (χ1v) is 6.62. The molecule has 0 saturated carbocycles. The third-order valence-corrected chi connectivity index (χ3v) is 2.81. The molecular formula is C14H13BrN2O2. The van der Waals surface area contributed by atoms with Crippen LogP contribution in [0.3, 0.4) is 0 Å². The van der Waals surface area contributed by atoms with Crippen molar-refractivity contribution in [1.29, 1.82) is 0 Å². The molecule has 0 spiro atoms. The Morgan fingerprint density at radius 1 is 1.21 bits per heavy atom. The fourth-order valence-corrected chi connectivity index (χ4v) is 1.67. The summed E-state index contributed by atoms with van der Waals surface area (Å²) in [4.78, 5) is 15.7. The number of rotatable bonds is 5. The van der Waals surface area contributed by atoms with E-state index in [0.29, 0.717) is 12.4 Å². The number of pyridine rings is 1. The van der Waals surface area contributed by atoms with E-state index in [2.05, 4.69) is 26.2 Å². The Morgan fingerprint density at radius 2 is 2.00 bits per heavy atom. The molecule has 0 bridgehead atoms. The molecule has 1 N–H and O–H groups in total. The second-order valence-corrected chi connectivity index (χ2v) is 4.74. The van der Waals surface area contributed by atoms with Gasteiger partial charge in [0, 0.05) is 10.7 Å². The van der Waals surface area contributed by atoms with Gasteiger partial charge in [0.1, 0.15) is 11.6 Å². The van der Waals surface area contributed by atoms with Gasteiger partial charge in [0.15, 0.2) is 0 Å². The van der Waals surface area contributed by atoms with Crippen LogP contribution in [0.4, 0.5) is 5.82 Å². The highest BCUT2D eigenvalue weighted by Gasteiger charge is 2.03. The largest absolute Gasteiger partial charge is 0.493 e. The van der Waals surface area contributed by atoms with Gasteiger partial charge in [-0.3, -0.25) is 4.79 Å². The molecular weight excluding hydrogens is 308 g/mol. The number of anilines is 1. The molecule has 0 aliphatic rings. The van der Waals surface area contributed by atoms with Crippen molar-refractivity contribution >= 4 is 27.7 Å². The lowest BCUT2D eigenvalue weighted by Crippen LogP contribution is -2.15. The maximum atomic E-state index is 11.6. The molecule has 2 rings (SSSR count). The molecule has 0 atom stereocenters. The van der Waals surface area contributed by atoms with Gasteiger partial charge in [0.05, 0.1) is 13.0 Å². The second kappa shape index (κ2) is 6.89. The van der Waals surface area contributed by atoms with Crippen LogP contribution in [0, 0.1) is 0 Å². The lowest BCUT2D eigenvalue weighted by Gasteiger charge is -2.06. The fraction of sp³-hybridized carbons (Fsp3) is 0.143. The summed E-state index contributed by atoms with van der Waals surface area (Å²) in [6.45, 7) is 0.340. The molecule has 0 unspecified atom stereocenters. The number of hydrogen-bond acceptors (Lipinski definition) is 3. The van der Waals surface area contributed by atoms with Gasteiger partial charge < -0.3 is 10.1 Å². The molecule has 5 heteroatoms. The highest BCUT2D eigenvalue weighted by molar-refractivity contribution is 9.10. The highest BCUT2D eigenvalue weighted by atomic mass is 79.9. The van der Waals surface area contributed by atoms with E-state index in [4.69, 9.17) is 4.74 Å². The van der Waals surface area contributed by atoms with Gasteiger partial charge in [0.25, 0.3) is 0 Å². The van der Waals surface area contributed by atoms with Crippen LogP contribution in [-0.2, 0) is 4.79 Å². The van der Waals surface area contributed by atoms with Crippen molar-refractivity contribution in [3.63, 3.8) is 0 Å². The van der Waals surface area contributed by atoms with Gasteiger partial charge in [-0.2, -0.15) is 0 Å². The molecule has 1 amide bonds. The van der Waals surface area contributed by atoms with Crippen molar-refractivity contribution in [3.05, 3.63) is 53.1 Å². The molecule has 0 aliphatic heterocycles. The van der Waals surface area contributed by atoms with E-state index in [1.165, 1.54) is 0 Å². The molecule has 2 aromatic rings. The molecule has 4 nitrogen and oxygen atoms in total. The quantitative estimate of drug-likeness (QED) is 0.920. The van der Waals surface area contributed by atoms with Crippen molar-refractivity contribution in [2.24, 2.45) is 0 Å². The number of para-hydroxylation sites is 1. The van der Waals surface area contributed by atoms with Crippen molar-refractivity contribution in [2.75, 3.05) is 11.9 Å². The normalized spacial score (nSPS) is 9.95. The topological polar surface area (TPSA) is 51.2 Å². The smallest absolute Gasteiger partial charge is 0.228 e. The Kier molecular flexibility index (Phi) is 4.92. The molecule has 0 saturated heterocycles. The van der Waals surface area contributed by atoms with Crippen LogP contribution in [0.25, 0.3) is 0 Å². The number of benzene rings is 1. The van der Waals surface area contributed by atoms with Crippen LogP contribution in [0.1, 0.15) is 6.42 Å². The second-order valence-electron chi connectivity index (χ2n) is 3.82. The van der Waals surface area contributed by atoms with Gasteiger partial charge in [-0.25, -0.2) is 4.98 Å². The van der Waals surface area contributed by atoms with Gasteiger partial charge in [0.2, 0.25) is 5.91 Å². The molecule has 1 aromatic carbocycles.